The molecule has 0 aliphatic heterocycles. The Kier molecular flexibility index (Phi) is 6.08. The summed E-state index contributed by atoms with van der Waals surface area (Å²) in [6, 6.07) is 8.78. The van der Waals surface area contributed by atoms with Crippen LogP contribution >= 0.6 is 11.6 Å². The summed E-state index contributed by atoms with van der Waals surface area (Å²) in [5.74, 6) is -1.54. The van der Waals surface area contributed by atoms with Crippen molar-refractivity contribution in [2.75, 3.05) is 5.32 Å². The number of halogens is 1. The molecule has 5 N–H and O–H groups in total. The standard InChI is InChI=1S/C18H18ClN3O4/c1-10(8-17(25)20-15-5-3-4-14(19)11(15)2)21-22-18(26)13-7-6-12(23)9-16(13)24/h3-9,21,23-24H,1-2H3,(H,20,25)(H,22,26). The highest BCUT2D eigenvalue weighted by molar-refractivity contribution is 6.31. The Labute approximate surface area is 155 Å². The lowest BCUT2D eigenvalue weighted by molar-refractivity contribution is -0.112. The number of allylic oxidation sites excluding steroid dienone is 1. The number of phenols is 2. The van der Waals surface area contributed by atoms with Gasteiger partial charge in [-0.2, -0.15) is 0 Å². The van der Waals surface area contributed by atoms with E-state index in [1.165, 1.54) is 18.2 Å². The van der Waals surface area contributed by atoms with Gasteiger partial charge in [-0.3, -0.25) is 15.0 Å². The lowest BCUT2D eigenvalue weighted by Gasteiger charge is -2.11. The van der Waals surface area contributed by atoms with Gasteiger partial charge in [0.25, 0.3) is 5.91 Å². The molecule has 0 bridgehead atoms. The number of hydrogen-bond acceptors (Lipinski definition) is 5. The van der Waals surface area contributed by atoms with E-state index in [-0.39, 0.29) is 17.1 Å². The summed E-state index contributed by atoms with van der Waals surface area (Å²) < 4.78 is 0. The van der Waals surface area contributed by atoms with Crippen molar-refractivity contribution in [1.82, 2.24) is 10.9 Å². The van der Waals surface area contributed by atoms with Crippen LogP contribution in [-0.4, -0.2) is 22.0 Å². The van der Waals surface area contributed by atoms with Gasteiger partial charge in [0.05, 0.1) is 5.56 Å². The molecule has 0 saturated carbocycles. The van der Waals surface area contributed by atoms with Crippen molar-refractivity contribution < 1.29 is 19.8 Å². The molecule has 0 aromatic heterocycles. The van der Waals surface area contributed by atoms with Crippen LogP contribution in [0.1, 0.15) is 22.8 Å². The minimum atomic E-state index is -0.624. The first kappa shape index (κ1) is 19.1. The number of amides is 2. The largest absolute Gasteiger partial charge is 0.508 e. The number of phenolic OH excluding ortho intramolecular Hbond substituents is 2. The zero-order valence-electron chi connectivity index (χ0n) is 14.1. The van der Waals surface area contributed by atoms with Crippen LogP contribution in [0.5, 0.6) is 11.5 Å². The summed E-state index contributed by atoms with van der Waals surface area (Å²) in [4.78, 5) is 24.0. The van der Waals surface area contributed by atoms with Crippen molar-refractivity contribution >= 4 is 29.1 Å². The number of rotatable bonds is 5. The van der Waals surface area contributed by atoms with E-state index in [1.807, 2.05) is 0 Å². The van der Waals surface area contributed by atoms with E-state index in [1.54, 1.807) is 32.0 Å². The smallest absolute Gasteiger partial charge is 0.273 e. The van der Waals surface area contributed by atoms with E-state index in [4.69, 9.17) is 11.6 Å². The fourth-order valence-corrected chi connectivity index (χ4v) is 2.25. The fourth-order valence-electron chi connectivity index (χ4n) is 2.08. The molecule has 0 aliphatic rings. The third-order valence-corrected chi connectivity index (χ3v) is 3.88. The monoisotopic (exact) mass is 375 g/mol. The van der Waals surface area contributed by atoms with Gasteiger partial charge in [0.1, 0.15) is 11.5 Å². The average Bonchev–Trinajstić information content (AvgIpc) is 2.57. The molecule has 0 saturated heterocycles. The van der Waals surface area contributed by atoms with Crippen LogP contribution in [0.15, 0.2) is 48.2 Å². The average molecular weight is 376 g/mol. The van der Waals surface area contributed by atoms with E-state index < -0.39 is 11.8 Å². The van der Waals surface area contributed by atoms with Crippen LogP contribution in [-0.2, 0) is 4.79 Å². The molecule has 2 aromatic carbocycles. The molecule has 8 heteroatoms. The predicted octanol–water partition coefficient (Wildman–Crippen LogP) is 2.84. The number of hydrogen-bond donors (Lipinski definition) is 5. The molecule has 2 rings (SSSR count). The molecule has 0 fully saturated rings. The van der Waals surface area contributed by atoms with Crippen molar-refractivity contribution in [1.29, 1.82) is 0 Å². The molecule has 0 atom stereocenters. The summed E-state index contributed by atoms with van der Waals surface area (Å²) in [5.41, 5.74) is 6.59. The molecule has 2 aromatic rings. The van der Waals surface area contributed by atoms with Crippen molar-refractivity contribution in [2.45, 2.75) is 13.8 Å². The molecule has 0 spiro atoms. The van der Waals surface area contributed by atoms with E-state index in [9.17, 15) is 19.8 Å². The van der Waals surface area contributed by atoms with Gasteiger partial charge in [0.15, 0.2) is 0 Å². The number of anilines is 1. The highest BCUT2D eigenvalue weighted by Crippen LogP contribution is 2.23. The van der Waals surface area contributed by atoms with Gasteiger partial charge in [0.2, 0.25) is 5.91 Å². The minimum absolute atomic E-state index is 0.0258. The molecule has 0 radical (unpaired) electrons. The summed E-state index contributed by atoms with van der Waals surface area (Å²) >= 11 is 6.01. The molecular weight excluding hydrogens is 358 g/mol. The Morgan fingerprint density at radius 1 is 1.12 bits per heavy atom. The Morgan fingerprint density at radius 2 is 1.85 bits per heavy atom. The van der Waals surface area contributed by atoms with Crippen molar-refractivity contribution in [3.05, 3.63) is 64.3 Å². The maximum absolute atomic E-state index is 12.0. The number of nitrogens with one attached hydrogen (secondary N) is 3. The van der Waals surface area contributed by atoms with Gasteiger partial charge in [-0.05, 0) is 43.7 Å². The number of benzene rings is 2. The van der Waals surface area contributed by atoms with Gasteiger partial charge in [-0.25, -0.2) is 0 Å². The second-order valence-corrected chi connectivity index (χ2v) is 5.92. The normalized spacial score (nSPS) is 11.0. The molecule has 26 heavy (non-hydrogen) atoms. The van der Waals surface area contributed by atoms with E-state index in [2.05, 4.69) is 16.2 Å². The zero-order valence-corrected chi connectivity index (χ0v) is 14.9. The van der Waals surface area contributed by atoms with Crippen molar-refractivity contribution in [3.8, 4) is 11.5 Å². The number of carbonyl (C=O) groups excluding carboxylic acids is 2. The Bertz CT molecular complexity index is 881. The summed E-state index contributed by atoms with van der Waals surface area (Å²) in [6.45, 7) is 3.37. The highest BCUT2D eigenvalue weighted by atomic mass is 35.5. The lowest BCUT2D eigenvalue weighted by atomic mass is 10.2. The number of carbonyl (C=O) groups is 2. The summed E-state index contributed by atoms with van der Waals surface area (Å²) in [5, 5.41) is 22.1. The fraction of sp³-hybridized carbons (Fsp3) is 0.111. The molecule has 0 aliphatic carbocycles. The third kappa shape index (κ3) is 4.90. The maximum Gasteiger partial charge on any atom is 0.273 e. The van der Waals surface area contributed by atoms with Gasteiger partial charge >= 0.3 is 0 Å². The molecule has 0 heterocycles. The van der Waals surface area contributed by atoms with Crippen LogP contribution in [0.2, 0.25) is 5.02 Å². The Hall–Kier alpha value is -3.19. The topological polar surface area (TPSA) is 111 Å². The second kappa shape index (κ2) is 8.26. The number of hydrazine groups is 1. The quantitative estimate of drug-likeness (QED) is 0.407. The van der Waals surface area contributed by atoms with E-state index in [0.29, 0.717) is 16.4 Å². The van der Waals surface area contributed by atoms with Gasteiger partial charge in [-0.1, -0.05) is 17.7 Å². The maximum atomic E-state index is 12.0. The lowest BCUT2D eigenvalue weighted by Crippen LogP contribution is -2.36. The van der Waals surface area contributed by atoms with Gasteiger partial charge in [0, 0.05) is 28.5 Å². The van der Waals surface area contributed by atoms with E-state index >= 15 is 0 Å². The summed E-state index contributed by atoms with van der Waals surface area (Å²) in [7, 11) is 0. The molecule has 136 valence electrons. The molecule has 2 amide bonds. The van der Waals surface area contributed by atoms with Gasteiger partial charge in [-0.15, -0.1) is 0 Å². The number of aromatic hydroxyl groups is 2. The first-order chi connectivity index (χ1) is 12.3. The zero-order chi connectivity index (χ0) is 19.3. The first-order valence-corrected chi connectivity index (χ1v) is 7.98. The van der Waals surface area contributed by atoms with Gasteiger partial charge < -0.3 is 21.0 Å². The van der Waals surface area contributed by atoms with E-state index in [0.717, 1.165) is 11.6 Å². The van der Waals surface area contributed by atoms with Crippen LogP contribution in [0.4, 0.5) is 5.69 Å². The highest BCUT2D eigenvalue weighted by Gasteiger charge is 2.11. The Balaban J connectivity index is 1.96. The minimum Gasteiger partial charge on any atom is -0.508 e. The predicted molar refractivity (Wildman–Crippen MR) is 98.9 cm³/mol. The first-order valence-electron chi connectivity index (χ1n) is 7.60. The molecule has 7 nitrogen and oxygen atoms in total. The third-order valence-electron chi connectivity index (χ3n) is 3.47. The van der Waals surface area contributed by atoms with Crippen molar-refractivity contribution in [2.24, 2.45) is 0 Å². The van der Waals surface area contributed by atoms with Crippen LogP contribution in [0, 0.1) is 6.92 Å². The molecule has 0 unspecified atom stereocenters. The van der Waals surface area contributed by atoms with Crippen LogP contribution < -0.4 is 16.2 Å². The molecular formula is C18H18ClN3O4. The van der Waals surface area contributed by atoms with Crippen molar-refractivity contribution in [3.63, 3.8) is 0 Å². The summed E-state index contributed by atoms with van der Waals surface area (Å²) in [6.07, 6.45) is 1.26. The Morgan fingerprint density at radius 3 is 2.54 bits per heavy atom. The van der Waals surface area contributed by atoms with Crippen LogP contribution in [0.25, 0.3) is 0 Å². The van der Waals surface area contributed by atoms with Crippen LogP contribution in [0.3, 0.4) is 0 Å². The SMILES string of the molecule is CC(=CC(=O)Nc1cccc(Cl)c1C)NNC(=O)c1ccc(O)cc1O. The second-order valence-electron chi connectivity index (χ2n) is 5.51.